The number of rotatable bonds is 3. The van der Waals surface area contributed by atoms with Gasteiger partial charge in [0, 0.05) is 13.2 Å². The second-order valence-electron chi connectivity index (χ2n) is 3.56. The summed E-state index contributed by atoms with van der Waals surface area (Å²) in [6.07, 6.45) is 2.96. The van der Waals surface area contributed by atoms with E-state index in [0.29, 0.717) is 5.92 Å². The molecular weight excluding hydrogens is 156 g/mol. The molecule has 0 saturated carbocycles. The molecule has 12 heavy (non-hydrogen) atoms. The van der Waals surface area contributed by atoms with Gasteiger partial charge in [-0.2, -0.15) is 0 Å². The van der Waals surface area contributed by atoms with Crippen LogP contribution in [0, 0.1) is 11.8 Å². The lowest BCUT2D eigenvalue weighted by Crippen LogP contribution is -2.22. The van der Waals surface area contributed by atoms with Crippen LogP contribution in [0.3, 0.4) is 0 Å². The minimum absolute atomic E-state index is 0.225. The molecule has 3 nitrogen and oxygen atoms in total. The van der Waals surface area contributed by atoms with Gasteiger partial charge < -0.3 is 9.84 Å². The Morgan fingerprint density at radius 2 is 2.50 bits per heavy atom. The smallest absolute Gasteiger partial charge is 0.306 e. The summed E-state index contributed by atoms with van der Waals surface area (Å²) in [4.78, 5) is 10.5. The lowest BCUT2D eigenvalue weighted by molar-refractivity contribution is -0.142. The van der Waals surface area contributed by atoms with Gasteiger partial charge in [-0.25, -0.2) is 0 Å². The largest absolute Gasteiger partial charge is 0.481 e. The van der Waals surface area contributed by atoms with Gasteiger partial charge in [-0.3, -0.25) is 4.79 Å². The van der Waals surface area contributed by atoms with Crippen LogP contribution in [0.4, 0.5) is 0 Å². The number of carboxylic acids is 1. The van der Waals surface area contributed by atoms with Gasteiger partial charge >= 0.3 is 5.97 Å². The van der Waals surface area contributed by atoms with E-state index < -0.39 is 5.97 Å². The van der Waals surface area contributed by atoms with Crippen molar-refractivity contribution in [1.29, 1.82) is 0 Å². The van der Waals surface area contributed by atoms with Crippen molar-refractivity contribution in [3.8, 4) is 0 Å². The Morgan fingerprint density at radius 1 is 1.75 bits per heavy atom. The molecule has 0 bridgehead atoms. The van der Waals surface area contributed by atoms with E-state index in [4.69, 9.17) is 9.84 Å². The second kappa shape index (κ2) is 4.45. The van der Waals surface area contributed by atoms with Crippen LogP contribution >= 0.6 is 0 Å². The first-order valence-corrected chi connectivity index (χ1v) is 4.50. The SMILES string of the molecule is CC(CC1CCCOC1)C(=O)O. The van der Waals surface area contributed by atoms with Crippen molar-refractivity contribution in [3.63, 3.8) is 0 Å². The molecule has 1 aliphatic rings. The van der Waals surface area contributed by atoms with Crippen LogP contribution in [0.1, 0.15) is 26.2 Å². The molecule has 0 aromatic rings. The van der Waals surface area contributed by atoms with E-state index in [9.17, 15) is 4.79 Å². The zero-order valence-electron chi connectivity index (χ0n) is 7.45. The number of ether oxygens (including phenoxy) is 1. The normalized spacial score (nSPS) is 26.6. The fourth-order valence-corrected chi connectivity index (χ4v) is 1.59. The van der Waals surface area contributed by atoms with Crippen LogP contribution in [0.2, 0.25) is 0 Å². The topological polar surface area (TPSA) is 46.5 Å². The predicted molar refractivity (Wildman–Crippen MR) is 45.0 cm³/mol. The monoisotopic (exact) mass is 172 g/mol. The van der Waals surface area contributed by atoms with Crippen molar-refractivity contribution in [2.75, 3.05) is 13.2 Å². The maximum atomic E-state index is 10.5. The van der Waals surface area contributed by atoms with Crippen LogP contribution in [0.5, 0.6) is 0 Å². The van der Waals surface area contributed by atoms with E-state index in [-0.39, 0.29) is 5.92 Å². The van der Waals surface area contributed by atoms with Gasteiger partial charge in [0.05, 0.1) is 5.92 Å². The van der Waals surface area contributed by atoms with E-state index >= 15 is 0 Å². The molecular formula is C9H16O3. The Bertz CT molecular complexity index is 150. The minimum Gasteiger partial charge on any atom is -0.481 e. The fraction of sp³-hybridized carbons (Fsp3) is 0.889. The summed E-state index contributed by atoms with van der Waals surface area (Å²) in [6, 6.07) is 0. The summed E-state index contributed by atoms with van der Waals surface area (Å²) in [7, 11) is 0. The molecule has 2 atom stereocenters. The molecule has 0 radical (unpaired) electrons. The standard InChI is InChI=1S/C9H16O3/c1-7(9(10)11)5-8-3-2-4-12-6-8/h7-8H,2-6H2,1H3,(H,10,11). The zero-order chi connectivity index (χ0) is 8.97. The first-order valence-electron chi connectivity index (χ1n) is 4.50. The summed E-state index contributed by atoms with van der Waals surface area (Å²) >= 11 is 0. The molecule has 3 heteroatoms. The van der Waals surface area contributed by atoms with Gasteiger partial charge in [0.15, 0.2) is 0 Å². The van der Waals surface area contributed by atoms with E-state index in [1.54, 1.807) is 6.92 Å². The van der Waals surface area contributed by atoms with Crippen molar-refractivity contribution in [3.05, 3.63) is 0 Å². The highest BCUT2D eigenvalue weighted by molar-refractivity contribution is 5.69. The Kier molecular flexibility index (Phi) is 3.53. The average Bonchev–Trinajstić information content (AvgIpc) is 2.06. The molecule has 0 aromatic carbocycles. The minimum atomic E-state index is -0.694. The van der Waals surface area contributed by atoms with Crippen molar-refractivity contribution in [2.24, 2.45) is 11.8 Å². The highest BCUT2D eigenvalue weighted by Gasteiger charge is 2.20. The molecule has 0 aromatic heterocycles. The number of hydrogen-bond acceptors (Lipinski definition) is 2. The number of hydrogen-bond donors (Lipinski definition) is 1. The summed E-state index contributed by atoms with van der Waals surface area (Å²) in [6.45, 7) is 3.35. The summed E-state index contributed by atoms with van der Waals surface area (Å²) in [5.41, 5.74) is 0. The average molecular weight is 172 g/mol. The molecule has 0 spiro atoms. The van der Waals surface area contributed by atoms with Gasteiger partial charge in [-0.1, -0.05) is 6.92 Å². The molecule has 1 N–H and O–H groups in total. The van der Waals surface area contributed by atoms with Crippen molar-refractivity contribution < 1.29 is 14.6 Å². The molecule has 0 aliphatic carbocycles. The number of carbonyl (C=O) groups is 1. The summed E-state index contributed by atoms with van der Waals surface area (Å²) in [5, 5.41) is 8.67. The van der Waals surface area contributed by atoms with Crippen LogP contribution in [0.25, 0.3) is 0 Å². The van der Waals surface area contributed by atoms with Crippen LogP contribution in [0.15, 0.2) is 0 Å². The van der Waals surface area contributed by atoms with E-state index in [1.165, 1.54) is 0 Å². The van der Waals surface area contributed by atoms with Crippen LogP contribution < -0.4 is 0 Å². The van der Waals surface area contributed by atoms with E-state index in [1.807, 2.05) is 0 Å². The Hall–Kier alpha value is -0.570. The van der Waals surface area contributed by atoms with Crippen LogP contribution in [-0.4, -0.2) is 24.3 Å². The van der Waals surface area contributed by atoms with E-state index in [0.717, 1.165) is 32.5 Å². The van der Waals surface area contributed by atoms with E-state index in [2.05, 4.69) is 0 Å². The lowest BCUT2D eigenvalue weighted by Gasteiger charge is -2.23. The van der Waals surface area contributed by atoms with Gasteiger partial charge in [0.25, 0.3) is 0 Å². The third-order valence-corrected chi connectivity index (χ3v) is 2.36. The second-order valence-corrected chi connectivity index (χ2v) is 3.56. The predicted octanol–water partition coefficient (Wildman–Crippen LogP) is 1.52. The molecule has 1 rings (SSSR count). The van der Waals surface area contributed by atoms with Gasteiger partial charge in [-0.05, 0) is 25.2 Å². The molecule has 70 valence electrons. The van der Waals surface area contributed by atoms with Crippen molar-refractivity contribution >= 4 is 5.97 Å². The Balaban J connectivity index is 2.24. The molecule has 1 fully saturated rings. The molecule has 0 amide bonds. The Labute approximate surface area is 72.7 Å². The van der Waals surface area contributed by atoms with Crippen molar-refractivity contribution in [1.82, 2.24) is 0 Å². The maximum absolute atomic E-state index is 10.5. The quantitative estimate of drug-likeness (QED) is 0.702. The van der Waals surface area contributed by atoms with Crippen LogP contribution in [-0.2, 0) is 9.53 Å². The summed E-state index contributed by atoms with van der Waals surface area (Å²) < 4.78 is 5.27. The highest BCUT2D eigenvalue weighted by Crippen LogP contribution is 2.21. The maximum Gasteiger partial charge on any atom is 0.306 e. The molecule has 1 aliphatic heterocycles. The molecule has 2 unspecified atom stereocenters. The first-order chi connectivity index (χ1) is 5.70. The molecule has 1 heterocycles. The number of carboxylic acid groups (broad SMARTS) is 1. The Morgan fingerprint density at radius 3 is 3.00 bits per heavy atom. The van der Waals surface area contributed by atoms with Gasteiger partial charge in [0.2, 0.25) is 0 Å². The van der Waals surface area contributed by atoms with Gasteiger partial charge in [0.1, 0.15) is 0 Å². The fourth-order valence-electron chi connectivity index (χ4n) is 1.59. The third-order valence-electron chi connectivity index (χ3n) is 2.36. The third kappa shape index (κ3) is 2.81. The first kappa shape index (κ1) is 9.52. The van der Waals surface area contributed by atoms with Gasteiger partial charge in [-0.15, -0.1) is 0 Å². The summed E-state index contributed by atoms with van der Waals surface area (Å²) in [5.74, 6) is -0.456. The number of aliphatic carboxylic acids is 1. The lowest BCUT2D eigenvalue weighted by atomic mass is 9.91. The van der Waals surface area contributed by atoms with Crippen molar-refractivity contribution in [2.45, 2.75) is 26.2 Å². The highest BCUT2D eigenvalue weighted by atomic mass is 16.5. The molecule has 1 saturated heterocycles. The zero-order valence-corrected chi connectivity index (χ0v) is 7.45.